The van der Waals surface area contributed by atoms with Crippen molar-refractivity contribution in [1.29, 1.82) is 0 Å². The highest BCUT2D eigenvalue weighted by atomic mass is 19.4. The van der Waals surface area contributed by atoms with Gasteiger partial charge >= 0.3 is 6.18 Å². The Bertz CT molecular complexity index is 546. The van der Waals surface area contributed by atoms with E-state index in [1.807, 2.05) is 19.0 Å². The van der Waals surface area contributed by atoms with Gasteiger partial charge in [0.15, 0.2) is 5.96 Å². The number of halogens is 3. The molecule has 22 heavy (non-hydrogen) atoms. The van der Waals surface area contributed by atoms with E-state index in [0.717, 1.165) is 36.9 Å². The minimum atomic E-state index is -4.30. The molecule has 1 aliphatic carbocycles. The van der Waals surface area contributed by atoms with E-state index >= 15 is 0 Å². The Kier molecular flexibility index (Phi) is 4.68. The highest BCUT2D eigenvalue weighted by Gasteiger charge is 2.40. The Morgan fingerprint density at radius 1 is 1.32 bits per heavy atom. The molecule has 0 aromatic heterocycles. The highest BCUT2D eigenvalue weighted by Crippen LogP contribution is 2.44. The quantitative estimate of drug-likeness (QED) is 0.685. The Labute approximate surface area is 129 Å². The molecule has 3 nitrogen and oxygen atoms in total. The summed E-state index contributed by atoms with van der Waals surface area (Å²) in [6, 6.07) is 5.72. The molecule has 1 aliphatic rings. The van der Waals surface area contributed by atoms with Gasteiger partial charge in [0.25, 0.3) is 0 Å². The highest BCUT2D eigenvalue weighted by molar-refractivity contribution is 5.79. The Balaban J connectivity index is 2.21. The van der Waals surface area contributed by atoms with E-state index < -0.39 is 11.7 Å². The summed E-state index contributed by atoms with van der Waals surface area (Å²) in [5, 5.41) is 3.26. The molecule has 1 saturated carbocycles. The Hall–Kier alpha value is -1.72. The second kappa shape index (κ2) is 6.18. The van der Waals surface area contributed by atoms with Gasteiger partial charge in [-0.1, -0.05) is 24.6 Å². The zero-order chi connectivity index (χ0) is 16.4. The maximum absolute atomic E-state index is 12.9. The Morgan fingerprint density at radius 3 is 2.45 bits per heavy atom. The molecule has 1 aromatic rings. The number of hydrogen-bond donors (Lipinski definition) is 1. The first-order valence-corrected chi connectivity index (χ1v) is 7.34. The number of nitrogens with one attached hydrogen (secondary N) is 1. The monoisotopic (exact) mass is 313 g/mol. The first-order chi connectivity index (χ1) is 10.3. The lowest BCUT2D eigenvalue weighted by Crippen LogP contribution is -2.48. The van der Waals surface area contributed by atoms with Gasteiger partial charge in [0, 0.05) is 33.1 Å². The van der Waals surface area contributed by atoms with Crippen LogP contribution in [0, 0.1) is 0 Å². The van der Waals surface area contributed by atoms with Gasteiger partial charge < -0.3 is 10.2 Å². The number of guanidine groups is 1. The van der Waals surface area contributed by atoms with Gasteiger partial charge in [0.05, 0.1) is 5.56 Å². The Morgan fingerprint density at radius 2 is 2.00 bits per heavy atom. The third-order valence-corrected chi connectivity index (χ3v) is 4.33. The van der Waals surface area contributed by atoms with Crippen LogP contribution >= 0.6 is 0 Å². The number of nitrogens with zero attached hydrogens (tertiary/aromatic N) is 2. The lowest BCUT2D eigenvalue weighted by molar-refractivity contribution is -0.137. The van der Waals surface area contributed by atoms with Gasteiger partial charge in [-0.2, -0.15) is 13.2 Å². The van der Waals surface area contributed by atoms with E-state index in [2.05, 4.69) is 10.3 Å². The van der Waals surface area contributed by atoms with E-state index in [9.17, 15) is 13.2 Å². The second-order valence-electron chi connectivity index (χ2n) is 6.01. The van der Waals surface area contributed by atoms with Gasteiger partial charge in [-0.25, -0.2) is 0 Å². The van der Waals surface area contributed by atoms with Crippen molar-refractivity contribution >= 4 is 5.96 Å². The van der Waals surface area contributed by atoms with E-state index in [4.69, 9.17) is 0 Å². The average molecular weight is 313 g/mol. The van der Waals surface area contributed by atoms with Crippen molar-refractivity contribution in [3.63, 3.8) is 0 Å². The molecule has 6 heteroatoms. The predicted octanol–water partition coefficient (Wildman–Crippen LogP) is 3.26. The summed E-state index contributed by atoms with van der Waals surface area (Å²) in [4.78, 5) is 6.01. The summed E-state index contributed by atoms with van der Waals surface area (Å²) >= 11 is 0. The van der Waals surface area contributed by atoms with Crippen LogP contribution in [0.5, 0.6) is 0 Å². The van der Waals surface area contributed by atoms with Crippen molar-refractivity contribution in [2.24, 2.45) is 4.99 Å². The number of hydrogen-bond acceptors (Lipinski definition) is 1. The van der Waals surface area contributed by atoms with Crippen LogP contribution in [0.2, 0.25) is 0 Å². The number of alkyl halides is 3. The largest absolute Gasteiger partial charge is 0.416 e. The summed E-state index contributed by atoms with van der Waals surface area (Å²) in [6.45, 7) is 0.596. The first kappa shape index (κ1) is 16.6. The molecule has 0 saturated heterocycles. The fourth-order valence-electron chi connectivity index (χ4n) is 2.88. The van der Waals surface area contributed by atoms with E-state index in [0.29, 0.717) is 6.54 Å². The number of rotatable bonds is 3. The topological polar surface area (TPSA) is 27.6 Å². The third kappa shape index (κ3) is 3.36. The lowest BCUT2D eigenvalue weighted by Gasteiger charge is -2.43. The average Bonchev–Trinajstić information content (AvgIpc) is 2.40. The summed E-state index contributed by atoms with van der Waals surface area (Å²) in [6.07, 6.45) is -1.47. The van der Waals surface area contributed by atoms with Crippen LogP contribution in [0.15, 0.2) is 29.3 Å². The van der Waals surface area contributed by atoms with E-state index in [1.165, 1.54) is 12.1 Å². The molecule has 1 aromatic carbocycles. The molecule has 0 heterocycles. The first-order valence-electron chi connectivity index (χ1n) is 7.34. The molecular formula is C16H22F3N3. The third-order valence-electron chi connectivity index (χ3n) is 4.33. The van der Waals surface area contributed by atoms with Gasteiger partial charge in [-0.3, -0.25) is 4.99 Å². The molecule has 0 aliphatic heterocycles. The van der Waals surface area contributed by atoms with Crippen LogP contribution in [-0.4, -0.2) is 38.5 Å². The minimum absolute atomic E-state index is 0.229. The standard InChI is InChI=1S/C16H22F3N3/c1-20-14(22(2)3)21-11-15(8-5-9-15)12-6-4-7-13(10-12)16(17,18)19/h4,6-7,10H,5,8-9,11H2,1-3H3,(H,20,21). The fourth-order valence-corrected chi connectivity index (χ4v) is 2.88. The number of benzene rings is 1. The van der Waals surface area contributed by atoms with Gasteiger partial charge in [0.2, 0.25) is 0 Å². The van der Waals surface area contributed by atoms with Crippen LogP contribution in [0.1, 0.15) is 30.4 Å². The summed E-state index contributed by atoms with van der Waals surface area (Å²) < 4.78 is 38.7. The van der Waals surface area contributed by atoms with E-state index in [-0.39, 0.29) is 5.41 Å². The van der Waals surface area contributed by atoms with Crippen LogP contribution in [0.25, 0.3) is 0 Å². The molecule has 122 valence electrons. The molecule has 0 spiro atoms. The normalized spacial score (nSPS) is 17.8. The van der Waals surface area contributed by atoms with Crippen LogP contribution in [0.3, 0.4) is 0 Å². The molecule has 1 fully saturated rings. The van der Waals surface area contributed by atoms with Gasteiger partial charge in [-0.15, -0.1) is 0 Å². The summed E-state index contributed by atoms with van der Waals surface area (Å²) in [5.74, 6) is 0.734. The maximum Gasteiger partial charge on any atom is 0.416 e. The smallest absolute Gasteiger partial charge is 0.355 e. The van der Waals surface area contributed by atoms with Gasteiger partial charge in [0.1, 0.15) is 0 Å². The van der Waals surface area contributed by atoms with Crippen molar-refractivity contribution in [2.75, 3.05) is 27.7 Å². The second-order valence-corrected chi connectivity index (χ2v) is 6.01. The van der Waals surface area contributed by atoms with Gasteiger partial charge in [-0.05, 0) is 24.5 Å². The van der Waals surface area contributed by atoms with Crippen LogP contribution in [-0.2, 0) is 11.6 Å². The van der Waals surface area contributed by atoms with Crippen molar-refractivity contribution in [3.8, 4) is 0 Å². The molecule has 0 bridgehead atoms. The van der Waals surface area contributed by atoms with Crippen molar-refractivity contribution < 1.29 is 13.2 Å². The van der Waals surface area contributed by atoms with Crippen molar-refractivity contribution in [2.45, 2.75) is 30.9 Å². The molecule has 1 N–H and O–H groups in total. The number of aliphatic imine (C=N–C) groups is 1. The fraction of sp³-hybridized carbons (Fsp3) is 0.562. The van der Waals surface area contributed by atoms with Crippen LogP contribution in [0.4, 0.5) is 13.2 Å². The predicted molar refractivity (Wildman–Crippen MR) is 82.0 cm³/mol. The zero-order valence-electron chi connectivity index (χ0n) is 13.2. The minimum Gasteiger partial charge on any atom is -0.355 e. The molecule has 0 atom stereocenters. The molecule has 0 unspecified atom stereocenters. The SMILES string of the molecule is CN=C(NCC1(c2cccc(C(F)(F)F)c2)CCC1)N(C)C. The molecule has 2 rings (SSSR count). The molecule has 0 amide bonds. The zero-order valence-corrected chi connectivity index (χ0v) is 13.2. The lowest BCUT2D eigenvalue weighted by atomic mass is 9.64. The van der Waals surface area contributed by atoms with Crippen molar-refractivity contribution in [1.82, 2.24) is 10.2 Å². The summed E-state index contributed by atoms with van der Waals surface area (Å²) in [7, 11) is 5.46. The molecule has 0 radical (unpaired) electrons. The molecular weight excluding hydrogens is 291 g/mol. The van der Waals surface area contributed by atoms with Crippen molar-refractivity contribution in [3.05, 3.63) is 35.4 Å². The van der Waals surface area contributed by atoms with E-state index in [1.54, 1.807) is 13.1 Å². The van der Waals surface area contributed by atoms with Crippen LogP contribution < -0.4 is 5.32 Å². The summed E-state index contributed by atoms with van der Waals surface area (Å²) in [5.41, 5.74) is -0.0451. The maximum atomic E-state index is 12.9.